The van der Waals surface area contributed by atoms with Crippen molar-refractivity contribution < 1.29 is 14.3 Å². The predicted octanol–water partition coefficient (Wildman–Crippen LogP) is 2.84. The summed E-state index contributed by atoms with van der Waals surface area (Å²) in [5.41, 5.74) is 1.21. The highest BCUT2D eigenvalue weighted by Crippen LogP contribution is 2.24. The predicted molar refractivity (Wildman–Crippen MR) is 109 cm³/mol. The Labute approximate surface area is 168 Å². The molecule has 0 radical (unpaired) electrons. The van der Waals surface area contributed by atoms with Crippen LogP contribution < -0.4 is 10.9 Å². The molecule has 0 aliphatic rings. The third-order valence-electron chi connectivity index (χ3n) is 4.04. The van der Waals surface area contributed by atoms with Crippen LogP contribution in [-0.2, 0) is 9.53 Å². The summed E-state index contributed by atoms with van der Waals surface area (Å²) < 4.78 is 5.04. The number of nitrogens with zero attached hydrogens (tertiary/aromatic N) is 2. The molecule has 8 nitrogen and oxygen atoms in total. The zero-order valence-corrected chi connectivity index (χ0v) is 15.7. The molecular weight excluding hydrogens is 392 g/mol. The van der Waals surface area contributed by atoms with E-state index in [-0.39, 0.29) is 5.69 Å². The minimum atomic E-state index is -0.809. The molecule has 4 rings (SSSR count). The number of hydrogen-bond acceptors (Lipinski definition) is 7. The summed E-state index contributed by atoms with van der Waals surface area (Å²) in [7, 11) is 0. The number of amides is 1. The maximum Gasteiger partial charge on any atom is 0.359 e. The molecule has 4 aromatic rings. The maximum absolute atomic E-state index is 12.3. The van der Waals surface area contributed by atoms with Crippen molar-refractivity contribution >= 4 is 39.1 Å². The number of rotatable bonds is 5. The Kier molecular flexibility index (Phi) is 5.12. The molecular formula is C20H14N4O4S. The maximum atomic E-state index is 12.3. The SMILES string of the molecule is O=C(COC(=O)c1n[nH]c(=O)c2ccccc12)Nc1nc(-c2ccccc2)cs1. The number of esters is 1. The number of nitrogens with one attached hydrogen (secondary N) is 2. The van der Waals surface area contributed by atoms with Crippen LogP contribution in [0, 0.1) is 0 Å². The molecule has 2 aromatic carbocycles. The third-order valence-corrected chi connectivity index (χ3v) is 4.80. The number of carbonyl (C=O) groups excluding carboxylic acids is 2. The summed E-state index contributed by atoms with van der Waals surface area (Å²) in [6.45, 7) is -0.506. The largest absolute Gasteiger partial charge is 0.451 e. The first kappa shape index (κ1) is 18.5. The van der Waals surface area contributed by atoms with Gasteiger partial charge in [0.05, 0.1) is 11.1 Å². The normalized spacial score (nSPS) is 10.6. The summed E-state index contributed by atoms with van der Waals surface area (Å²) in [6, 6.07) is 16.1. The fraction of sp³-hybridized carbons (Fsp3) is 0.0500. The Morgan fingerprint density at radius 2 is 1.76 bits per heavy atom. The second kappa shape index (κ2) is 8.03. The second-order valence-corrected chi connectivity index (χ2v) is 6.83. The van der Waals surface area contributed by atoms with Crippen molar-refractivity contribution in [2.45, 2.75) is 0 Å². The molecule has 29 heavy (non-hydrogen) atoms. The van der Waals surface area contributed by atoms with E-state index in [1.54, 1.807) is 24.3 Å². The van der Waals surface area contributed by atoms with Crippen LogP contribution in [0.5, 0.6) is 0 Å². The van der Waals surface area contributed by atoms with Crippen molar-refractivity contribution in [3.05, 3.63) is 76.0 Å². The van der Waals surface area contributed by atoms with Crippen molar-refractivity contribution in [2.75, 3.05) is 11.9 Å². The molecule has 1 amide bonds. The number of aromatic amines is 1. The van der Waals surface area contributed by atoms with E-state index >= 15 is 0 Å². The Bertz CT molecular complexity index is 1250. The van der Waals surface area contributed by atoms with E-state index in [0.717, 1.165) is 11.3 Å². The van der Waals surface area contributed by atoms with Crippen molar-refractivity contribution in [3.8, 4) is 11.3 Å². The van der Waals surface area contributed by atoms with Crippen LogP contribution in [0.2, 0.25) is 0 Å². The molecule has 144 valence electrons. The number of aromatic nitrogens is 3. The monoisotopic (exact) mass is 406 g/mol. The van der Waals surface area contributed by atoms with Gasteiger partial charge in [-0.2, -0.15) is 5.10 Å². The fourth-order valence-corrected chi connectivity index (χ4v) is 3.43. The van der Waals surface area contributed by atoms with Gasteiger partial charge in [0.1, 0.15) is 0 Å². The average Bonchev–Trinajstić information content (AvgIpc) is 3.21. The van der Waals surface area contributed by atoms with E-state index in [4.69, 9.17) is 4.74 Å². The number of H-pyrrole nitrogens is 1. The van der Waals surface area contributed by atoms with Crippen molar-refractivity contribution in [3.63, 3.8) is 0 Å². The van der Waals surface area contributed by atoms with Gasteiger partial charge in [-0.1, -0.05) is 48.5 Å². The van der Waals surface area contributed by atoms with Gasteiger partial charge in [0.15, 0.2) is 17.4 Å². The summed E-state index contributed by atoms with van der Waals surface area (Å²) in [6.07, 6.45) is 0. The van der Waals surface area contributed by atoms with Crippen LogP contribution in [0.4, 0.5) is 5.13 Å². The smallest absolute Gasteiger partial charge is 0.359 e. The first-order valence-corrected chi connectivity index (χ1v) is 9.45. The molecule has 0 spiro atoms. The molecule has 0 aliphatic heterocycles. The van der Waals surface area contributed by atoms with Gasteiger partial charge in [0.2, 0.25) is 0 Å². The van der Waals surface area contributed by atoms with Gasteiger partial charge in [-0.25, -0.2) is 14.9 Å². The third kappa shape index (κ3) is 4.04. The minimum Gasteiger partial charge on any atom is -0.451 e. The van der Waals surface area contributed by atoms with Crippen LogP contribution >= 0.6 is 11.3 Å². The number of thiazole rings is 1. The Balaban J connectivity index is 1.40. The molecule has 0 aliphatic carbocycles. The molecule has 0 fully saturated rings. The number of fused-ring (bicyclic) bond motifs is 1. The Morgan fingerprint density at radius 1 is 1.03 bits per heavy atom. The van der Waals surface area contributed by atoms with E-state index in [1.807, 2.05) is 35.7 Å². The molecule has 0 saturated heterocycles. The molecule has 2 heterocycles. The number of carbonyl (C=O) groups is 2. The minimum absolute atomic E-state index is 0.0615. The fourth-order valence-electron chi connectivity index (χ4n) is 2.70. The molecule has 0 saturated carbocycles. The molecule has 0 bridgehead atoms. The Hall–Kier alpha value is -3.85. The number of anilines is 1. The highest BCUT2D eigenvalue weighted by molar-refractivity contribution is 7.14. The van der Waals surface area contributed by atoms with Crippen LogP contribution in [-0.4, -0.2) is 33.7 Å². The Morgan fingerprint density at radius 3 is 2.55 bits per heavy atom. The van der Waals surface area contributed by atoms with E-state index in [0.29, 0.717) is 15.9 Å². The molecule has 2 N–H and O–H groups in total. The molecule has 0 unspecified atom stereocenters. The van der Waals surface area contributed by atoms with Gasteiger partial charge in [0.25, 0.3) is 11.5 Å². The number of ether oxygens (including phenoxy) is 1. The van der Waals surface area contributed by atoms with E-state index in [1.165, 1.54) is 11.3 Å². The van der Waals surface area contributed by atoms with Crippen LogP contribution in [0.25, 0.3) is 22.0 Å². The highest BCUT2D eigenvalue weighted by Gasteiger charge is 2.17. The first-order valence-electron chi connectivity index (χ1n) is 8.57. The van der Waals surface area contributed by atoms with Gasteiger partial charge >= 0.3 is 5.97 Å². The van der Waals surface area contributed by atoms with Crippen molar-refractivity contribution in [2.24, 2.45) is 0 Å². The quantitative estimate of drug-likeness (QED) is 0.493. The average molecular weight is 406 g/mol. The van der Waals surface area contributed by atoms with Crippen LogP contribution in [0.15, 0.2) is 64.8 Å². The van der Waals surface area contributed by atoms with E-state index < -0.39 is 24.0 Å². The lowest BCUT2D eigenvalue weighted by molar-refractivity contribution is -0.119. The number of hydrogen-bond donors (Lipinski definition) is 2. The lowest BCUT2D eigenvalue weighted by Gasteiger charge is -2.06. The second-order valence-electron chi connectivity index (χ2n) is 5.98. The summed E-state index contributed by atoms with van der Waals surface area (Å²) in [4.78, 5) is 40.6. The van der Waals surface area contributed by atoms with E-state index in [2.05, 4.69) is 20.5 Å². The first-order chi connectivity index (χ1) is 14.1. The standard InChI is InChI=1S/C20H14N4O4S/c25-16(22-20-21-15(11-29-20)12-6-2-1-3-7-12)10-28-19(27)17-13-8-4-5-9-14(13)18(26)24-23-17/h1-9,11H,10H2,(H,24,26)(H,21,22,25). The van der Waals surface area contributed by atoms with Crippen LogP contribution in [0.3, 0.4) is 0 Å². The zero-order valence-electron chi connectivity index (χ0n) is 14.9. The van der Waals surface area contributed by atoms with Gasteiger partial charge < -0.3 is 4.74 Å². The molecule has 0 atom stereocenters. The van der Waals surface area contributed by atoms with Gasteiger partial charge in [-0.3, -0.25) is 14.9 Å². The lowest BCUT2D eigenvalue weighted by Crippen LogP contribution is -2.22. The van der Waals surface area contributed by atoms with Gasteiger partial charge in [-0.15, -0.1) is 11.3 Å². The molecule has 2 aromatic heterocycles. The van der Waals surface area contributed by atoms with Crippen molar-refractivity contribution in [1.82, 2.24) is 15.2 Å². The number of benzene rings is 2. The summed E-state index contributed by atoms with van der Waals surface area (Å²) in [5, 5.41) is 11.5. The lowest BCUT2D eigenvalue weighted by atomic mass is 10.1. The van der Waals surface area contributed by atoms with Crippen molar-refractivity contribution in [1.29, 1.82) is 0 Å². The van der Waals surface area contributed by atoms with Gasteiger partial charge in [-0.05, 0) is 6.07 Å². The highest BCUT2D eigenvalue weighted by atomic mass is 32.1. The van der Waals surface area contributed by atoms with E-state index in [9.17, 15) is 14.4 Å². The van der Waals surface area contributed by atoms with Crippen LogP contribution in [0.1, 0.15) is 10.5 Å². The summed E-state index contributed by atoms with van der Waals surface area (Å²) in [5.74, 6) is -1.34. The molecule has 9 heteroatoms. The zero-order chi connectivity index (χ0) is 20.2. The van der Waals surface area contributed by atoms with Gasteiger partial charge in [0, 0.05) is 16.3 Å². The summed E-state index contributed by atoms with van der Waals surface area (Å²) >= 11 is 1.27. The topological polar surface area (TPSA) is 114 Å².